The zero-order valence-corrected chi connectivity index (χ0v) is 12.6. The summed E-state index contributed by atoms with van der Waals surface area (Å²) in [7, 11) is 4.06. The van der Waals surface area contributed by atoms with Gasteiger partial charge in [0.2, 0.25) is 0 Å². The highest BCUT2D eigenvalue weighted by molar-refractivity contribution is 7.80. The lowest BCUT2D eigenvalue weighted by Gasteiger charge is -2.31. The quantitative estimate of drug-likeness (QED) is 0.862. The Hall–Kier alpha value is -0.520. The molecular formula is C13H20N2OS2. The van der Waals surface area contributed by atoms with Gasteiger partial charge >= 0.3 is 0 Å². The first kappa shape index (κ1) is 13.9. The minimum absolute atomic E-state index is 0.124. The van der Waals surface area contributed by atoms with Gasteiger partial charge in [-0.25, -0.2) is 0 Å². The Morgan fingerprint density at radius 1 is 1.56 bits per heavy atom. The molecule has 0 saturated carbocycles. The summed E-state index contributed by atoms with van der Waals surface area (Å²) in [5.41, 5.74) is 0. The van der Waals surface area contributed by atoms with Crippen molar-refractivity contribution < 1.29 is 4.79 Å². The zero-order chi connectivity index (χ0) is 13.1. The van der Waals surface area contributed by atoms with Crippen LogP contribution in [0.15, 0.2) is 16.3 Å². The number of hydrogen-bond donors (Lipinski definition) is 1. The Morgan fingerprint density at radius 3 is 2.78 bits per heavy atom. The Kier molecular flexibility index (Phi) is 4.70. The van der Waals surface area contributed by atoms with Gasteiger partial charge in [-0.15, -0.1) is 24.0 Å². The van der Waals surface area contributed by atoms with Gasteiger partial charge in [0.25, 0.3) is 5.91 Å². The lowest BCUT2D eigenvalue weighted by molar-refractivity contribution is 0.0752. The van der Waals surface area contributed by atoms with Gasteiger partial charge in [0.15, 0.2) is 0 Å². The molecule has 0 atom stereocenters. The van der Waals surface area contributed by atoms with E-state index in [2.05, 4.69) is 24.6 Å². The Morgan fingerprint density at radius 2 is 2.22 bits per heavy atom. The van der Waals surface area contributed by atoms with E-state index in [0.29, 0.717) is 5.92 Å². The van der Waals surface area contributed by atoms with Crippen LogP contribution in [0.5, 0.6) is 0 Å². The molecule has 3 nitrogen and oxygen atoms in total. The summed E-state index contributed by atoms with van der Waals surface area (Å²) in [5, 5.41) is 1.90. The van der Waals surface area contributed by atoms with Crippen molar-refractivity contribution in [3.63, 3.8) is 0 Å². The van der Waals surface area contributed by atoms with Crippen LogP contribution >= 0.6 is 24.0 Å². The van der Waals surface area contributed by atoms with Gasteiger partial charge in [0.1, 0.15) is 0 Å². The fourth-order valence-electron chi connectivity index (χ4n) is 2.34. The van der Waals surface area contributed by atoms with Crippen LogP contribution in [0.1, 0.15) is 22.5 Å². The predicted octanol–water partition coefficient (Wildman–Crippen LogP) is 2.45. The molecular weight excluding hydrogens is 264 g/mol. The SMILES string of the molecule is CN1CCC(CN(C)C(=O)c2cc(S)cs2)CC1. The van der Waals surface area contributed by atoms with Crippen LogP contribution in [-0.4, -0.2) is 49.4 Å². The van der Waals surface area contributed by atoms with E-state index in [1.807, 2.05) is 23.4 Å². The van der Waals surface area contributed by atoms with E-state index in [4.69, 9.17) is 0 Å². The van der Waals surface area contributed by atoms with Crippen molar-refractivity contribution >= 4 is 29.9 Å². The van der Waals surface area contributed by atoms with Crippen LogP contribution in [-0.2, 0) is 0 Å². The third-order valence-corrected chi connectivity index (χ3v) is 4.86. The molecule has 0 spiro atoms. The first-order valence-corrected chi connectivity index (χ1v) is 7.60. The van der Waals surface area contributed by atoms with E-state index in [9.17, 15) is 4.79 Å². The fraction of sp³-hybridized carbons (Fsp3) is 0.615. The molecule has 0 aromatic carbocycles. The van der Waals surface area contributed by atoms with Gasteiger partial charge in [-0.05, 0) is 45.0 Å². The molecule has 0 unspecified atom stereocenters. The maximum Gasteiger partial charge on any atom is 0.263 e. The first-order valence-electron chi connectivity index (χ1n) is 6.28. The van der Waals surface area contributed by atoms with Gasteiger partial charge < -0.3 is 9.80 Å². The van der Waals surface area contributed by atoms with E-state index < -0.39 is 0 Å². The Balaban J connectivity index is 1.88. The fourth-order valence-corrected chi connectivity index (χ4v) is 3.48. The van der Waals surface area contributed by atoms with Crippen molar-refractivity contribution in [2.45, 2.75) is 17.7 Å². The normalized spacial score (nSPS) is 17.9. The number of nitrogens with zero attached hydrogens (tertiary/aromatic N) is 2. The molecule has 1 aliphatic rings. The zero-order valence-electron chi connectivity index (χ0n) is 10.9. The lowest BCUT2D eigenvalue weighted by Crippen LogP contribution is -2.37. The summed E-state index contributed by atoms with van der Waals surface area (Å²) in [5.74, 6) is 0.768. The molecule has 0 bridgehead atoms. The lowest BCUT2D eigenvalue weighted by atomic mass is 9.96. The molecule has 1 aliphatic heterocycles. The second-order valence-electron chi connectivity index (χ2n) is 5.10. The van der Waals surface area contributed by atoms with Crippen LogP contribution in [0, 0.1) is 5.92 Å². The molecule has 1 aromatic heterocycles. The average Bonchev–Trinajstić information content (AvgIpc) is 2.78. The molecule has 2 rings (SSSR count). The number of likely N-dealkylation sites (tertiary alicyclic amines) is 1. The standard InChI is InChI=1S/C13H20N2OS2/c1-14-5-3-10(4-6-14)8-15(2)13(16)12-7-11(17)9-18-12/h7,9-10,17H,3-6,8H2,1-2H3. The average molecular weight is 284 g/mol. The van der Waals surface area contributed by atoms with Gasteiger partial charge in [-0.2, -0.15) is 0 Å². The summed E-state index contributed by atoms with van der Waals surface area (Å²) in [4.78, 5) is 18.1. The smallest absolute Gasteiger partial charge is 0.263 e. The molecule has 5 heteroatoms. The molecule has 1 fully saturated rings. The van der Waals surface area contributed by atoms with Crippen molar-refractivity contribution in [1.29, 1.82) is 0 Å². The van der Waals surface area contributed by atoms with Crippen molar-refractivity contribution in [2.75, 3.05) is 33.7 Å². The molecule has 0 aliphatic carbocycles. The van der Waals surface area contributed by atoms with Crippen molar-refractivity contribution in [3.05, 3.63) is 16.3 Å². The summed E-state index contributed by atoms with van der Waals surface area (Å²) >= 11 is 5.72. The third kappa shape index (κ3) is 3.49. The number of amides is 1. The minimum Gasteiger partial charge on any atom is -0.341 e. The van der Waals surface area contributed by atoms with E-state index in [1.54, 1.807) is 0 Å². The second-order valence-corrected chi connectivity index (χ2v) is 6.53. The maximum atomic E-state index is 12.2. The van der Waals surface area contributed by atoms with E-state index in [1.165, 1.54) is 24.2 Å². The number of piperidine rings is 1. The van der Waals surface area contributed by atoms with Crippen molar-refractivity contribution in [3.8, 4) is 0 Å². The summed E-state index contributed by atoms with van der Waals surface area (Å²) in [6, 6.07) is 1.85. The molecule has 2 heterocycles. The Labute approximate surface area is 118 Å². The molecule has 0 radical (unpaired) electrons. The highest BCUT2D eigenvalue weighted by atomic mass is 32.1. The molecule has 1 amide bonds. The van der Waals surface area contributed by atoms with Crippen LogP contribution in [0.3, 0.4) is 0 Å². The van der Waals surface area contributed by atoms with E-state index >= 15 is 0 Å². The number of carbonyl (C=O) groups excluding carboxylic acids is 1. The van der Waals surface area contributed by atoms with Crippen LogP contribution in [0.2, 0.25) is 0 Å². The molecule has 18 heavy (non-hydrogen) atoms. The van der Waals surface area contributed by atoms with Crippen LogP contribution < -0.4 is 0 Å². The number of carbonyl (C=O) groups is 1. The number of rotatable bonds is 3. The summed E-state index contributed by atoms with van der Waals surface area (Å²) in [6.07, 6.45) is 2.38. The second kappa shape index (κ2) is 6.08. The van der Waals surface area contributed by atoms with E-state index in [0.717, 1.165) is 29.4 Å². The summed E-state index contributed by atoms with van der Waals surface area (Å²) < 4.78 is 0. The largest absolute Gasteiger partial charge is 0.341 e. The molecule has 100 valence electrons. The van der Waals surface area contributed by atoms with Gasteiger partial charge in [-0.3, -0.25) is 4.79 Å². The number of thiophene rings is 1. The van der Waals surface area contributed by atoms with Crippen LogP contribution in [0.25, 0.3) is 0 Å². The molecule has 0 N–H and O–H groups in total. The molecule has 1 aromatic rings. The first-order chi connectivity index (χ1) is 8.56. The van der Waals surface area contributed by atoms with Gasteiger partial charge in [0.05, 0.1) is 4.88 Å². The van der Waals surface area contributed by atoms with Crippen LogP contribution in [0.4, 0.5) is 0 Å². The number of hydrogen-bond acceptors (Lipinski definition) is 4. The number of thiol groups is 1. The van der Waals surface area contributed by atoms with Gasteiger partial charge in [0, 0.05) is 23.9 Å². The molecule has 1 saturated heterocycles. The van der Waals surface area contributed by atoms with Crippen molar-refractivity contribution in [1.82, 2.24) is 9.80 Å². The highest BCUT2D eigenvalue weighted by Crippen LogP contribution is 2.21. The third-order valence-electron chi connectivity index (χ3n) is 3.51. The summed E-state index contributed by atoms with van der Waals surface area (Å²) in [6.45, 7) is 3.16. The predicted molar refractivity (Wildman–Crippen MR) is 78.8 cm³/mol. The topological polar surface area (TPSA) is 23.6 Å². The monoisotopic (exact) mass is 284 g/mol. The van der Waals surface area contributed by atoms with Crippen molar-refractivity contribution in [2.24, 2.45) is 5.92 Å². The van der Waals surface area contributed by atoms with E-state index in [-0.39, 0.29) is 5.91 Å². The Bertz CT molecular complexity index is 411. The minimum atomic E-state index is 0.124. The maximum absolute atomic E-state index is 12.2. The van der Waals surface area contributed by atoms with Gasteiger partial charge in [-0.1, -0.05) is 0 Å². The highest BCUT2D eigenvalue weighted by Gasteiger charge is 2.21.